The lowest BCUT2D eigenvalue weighted by atomic mass is 10.2. The first-order valence-electron chi connectivity index (χ1n) is 8.95. The van der Waals surface area contributed by atoms with Crippen LogP contribution in [-0.2, 0) is 26.1 Å². The first kappa shape index (κ1) is 18.6. The number of sulfonamides is 1. The van der Waals surface area contributed by atoms with Crippen molar-refractivity contribution in [3.05, 3.63) is 42.0 Å². The molecule has 1 amide bonds. The number of para-hydroxylation sites is 1. The second kappa shape index (κ2) is 7.02. The van der Waals surface area contributed by atoms with Crippen LogP contribution in [0.25, 0.3) is 5.69 Å². The van der Waals surface area contributed by atoms with Gasteiger partial charge in [0.05, 0.1) is 25.0 Å². The monoisotopic (exact) mass is 404 g/mol. The number of aromatic nitrogens is 2. The summed E-state index contributed by atoms with van der Waals surface area (Å²) in [6, 6.07) is 6.47. The molecule has 1 aromatic carbocycles. The van der Waals surface area contributed by atoms with Gasteiger partial charge in [0.25, 0.3) is 5.91 Å². The van der Waals surface area contributed by atoms with E-state index in [1.54, 1.807) is 27.7 Å². The number of amides is 1. The predicted octanol–water partition coefficient (Wildman–Crippen LogP) is 0.786. The van der Waals surface area contributed by atoms with E-state index in [1.807, 2.05) is 0 Å². The van der Waals surface area contributed by atoms with Crippen LogP contribution in [0.2, 0.25) is 0 Å². The van der Waals surface area contributed by atoms with E-state index in [1.165, 1.54) is 19.5 Å². The number of fused-ring (bicyclic) bond motifs is 3. The van der Waals surface area contributed by atoms with Crippen molar-refractivity contribution < 1.29 is 22.7 Å². The normalized spacial score (nSPS) is 18.2. The third-order valence-corrected chi connectivity index (χ3v) is 6.90. The molecule has 10 heteroatoms. The predicted molar refractivity (Wildman–Crippen MR) is 98.3 cm³/mol. The highest BCUT2D eigenvalue weighted by atomic mass is 32.2. The van der Waals surface area contributed by atoms with E-state index in [0.717, 1.165) is 17.1 Å². The molecule has 2 aliphatic rings. The summed E-state index contributed by atoms with van der Waals surface area (Å²) in [4.78, 5) is 30.9. The quantitative estimate of drug-likeness (QED) is 0.701. The largest absolute Gasteiger partial charge is 0.468 e. The van der Waals surface area contributed by atoms with Gasteiger partial charge in [0.15, 0.2) is 5.69 Å². The second-order valence-corrected chi connectivity index (χ2v) is 8.63. The molecule has 2 aromatic rings. The van der Waals surface area contributed by atoms with Crippen molar-refractivity contribution >= 4 is 21.9 Å². The van der Waals surface area contributed by atoms with Crippen LogP contribution in [0.4, 0.5) is 0 Å². The van der Waals surface area contributed by atoms with Crippen LogP contribution in [0.5, 0.6) is 0 Å². The van der Waals surface area contributed by atoms with Gasteiger partial charge in [0.1, 0.15) is 17.8 Å². The minimum atomic E-state index is -3.96. The Bertz CT molecular complexity index is 1040. The van der Waals surface area contributed by atoms with Gasteiger partial charge in [-0.05, 0) is 25.0 Å². The Kier molecular flexibility index (Phi) is 4.68. The first-order valence-corrected chi connectivity index (χ1v) is 10.4. The number of hydrogen-bond acceptors (Lipinski definition) is 6. The maximum absolute atomic E-state index is 13.2. The highest BCUT2D eigenvalue weighted by molar-refractivity contribution is 7.89. The number of hydrogen-bond donors (Lipinski definition) is 0. The number of likely N-dealkylation sites (tertiary alicyclic amines) is 1. The Labute approximate surface area is 162 Å². The summed E-state index contributed by atoms with van der Waals surface area (Å²) in [6.07, 6.45) is 3.34. The number of carbonyl (C=O) groups excluding carboxylic acids is 2. The summed E-state index contributed by atoms with van der Waals surface area (Å²) in [6.45, 7) is 0.717. The van der Waals surface area contributed by atoms with Gasteiger partial charge in [0.2, 0.25) is 10.0 Å². The molecular formula is C18H20N4O5S. The summed E-state index contributed by atoms with van der Waals surface area (Å²) in [5.74, 6) is -0.900. The third kappa shape index (κ3) is 2.98. The lowest BCUT2D eigenvalue weighted by molar-refractivity contribution is -0.140. The Hall–Kier alpha value is -2.72. The number of imidazole rings is 1. The zero-order valence-corrected chi connectivity index (χ0v) is 16.2. The van der Waals surface area contributed by atoms with E-state index < -0.39 is 22.5 Å². The van der Waals surface area contributed by atoms with Gasteiger partial charge in [-0.25, -0.2) is 13.4 Å². The summed E-state index contributed by atoms with van der Waals surface area (Å²) >= 11 is 0. The average Bonchev–Trinajstić information content (AvgIpc) is 3.35. The van der Waals surface area contributed by atoms with E-state index in [2.05, 4.69) is 9.72 Å². The van der Waals surface area contributed by atoms with Crippen LogP contribution in [-0.4, -0.2) is 65.8 Å². The molecule has 0 N–H and O–H groups in total. The van der Waals surface area contributed by atoms with Gasteiger partial charge >= 0.3 is 5.97 Å². The summed E-state index contributed by atoms with van der Waals surface area (Å²) in [5, 5.41) is 0. The first-order chi connectivity index (χ1) is 13.4. The second-order valence-electron chi connectivity index (χ2n) is 6.73. The van der Waals surface area contributed by atoms with Crippen LogP contribution in [0.15, 0.2) is 35.5 Å². The molecule has 0 spiro atoms. The molecule has 9 nitrogen and oxygen atoms in total. The topological polar surface area (TPSA) is 102 Å². The Morgan fingerprint density at radius 1 is 1.18 bits per heavy atom. The van der Waals surface area contributed by atoms with Gasteiger partial charge in [-0.1, -0.05) is 12.1 Å². The van der Waals surface area contributed by atoms with Crippen LogP contribution >= 0.6 is 0 Å². The molecule has 148 valence electrons. The van der Waals surface area contributed by atoms with Crippen molar-refractivity contribution in [2.45, 2.75) is 24.3 Å². The minimum Gasteiger partial charge on any atom is -0.468 e. The number of carbonyl (C=O) groups is 2. The van der Waals surface area contributed by atoms with Crippen LogP contribution in [0.3, 0.4) is 0 Å². The van der Waals surface area contributed by atoms with Crippen LogP contribution < -0.4 is 0 Å². The summed E-state index contributed by atoms with van der Waals surface area (Å²) in [7, 11) is -2.76. The van der Waals surface area contributed by atoms with Crippen molar-refractivity contribution in [1.29, 1.82) is 0 Å². The zero-order valence-electron chi connectivity index (χ0n) is 15.4. The molecule has 1 aromatic heterocycles. The van der Waals surface area contributed by atoms with Gasteiger partial charge in [-0.3, -0.25) is 14.2 Å². The number of nitrogens with zero attached hydrogens (tertiary/aromatic N) is 4. The van der Waals surface area contributed by atoms with Crippen LogP contribution in [0.1, 0.15) is 29.0 Å². The van der Waals surface area contributed by atoms with Gasteiger partial charge < -0.3 is 9.64 Å². The van der Waals surface area contributed by atoms with E-state index >= 15 is 0 Å². The molecule has 0 bridgehead atoms. The molecule has 0 atom stereocenters. The van der Waals surface area contributed by atoms with Crippen molar-refractivity contribution in [3.63, 3.8) is 0 Å². The Morgan fingerprint density at radius 2 is 1.89 bits per heavy atom. The molecule has 28 heavy (non-hydrogen) atoms. The number of ether oxygens (including phenoxy) is 1. The maximum Gasteiger partial charge on any atom is 0.321 e. The zero-order chi connectivity index (χ0) is 19.9. The van der Waals surface area contributed by atoms with Crippen molar-refractivity contribution in [2.24, 2.45) is 0 Å². The smallest absolute Gasteiger partial charge is 0.321 e. The number of methoxy groups -OCH3 is 1. The summed E-state index contributed by atoms with van der Waals surface area (Å²) in [5.41, 5.74) is 1.05. The SMILES string of the molecule is COC(=O)CN1Cc2c(C(=O)N3CCCC3)ncn2-c2ccccc2S1(=O)=O. The Balaban J connectivity index is 1.86. The van der Waals surface area contributed by atoms with E-state index in [-0.39, 0.29) is 23.0 Å². The number of rotatable bonds is 3. The fourth-order valence-electron chi connectivity index (χ4n) is 3.60. The molecular weight excluding hydrogens is 384 g/mol. The molecule has 0 aliphatic carbocycles. The van der Waals surface area contributed by atoms with Crippen molar-refractivity contribution in [3.8, 4) is 5.69 Å². The average molecular weight is 404 g/mol. The van der Waals surface area contributed by atoms with Gasteiger partial charge in [-0.15, -0.1) is 0 Å². The van der Waals surface area contributed by atoms with Gasteiger partial charge in [0, 0.05) is 13.1 Å². The molecule has 4 rings (SSSR count). The van der Waals surface area contributed by atoms with Gasteiger partial charge in [-0.2, -0.15) is 4.31 Å². The van der Waals surface area contributed by atoms with Crippen molar-refractivity contribution in [2.75, 3.05) is 26.7 Å². The van der Waals surface area contributed by atoms with Crippen molar-refractivity contribution in [1.82, 2.24) is 18.8 Å². The highest BCUT2D eigenvalue weighted by Crippen LogP contribution is 2.31. The van der Waals surface area contributed by atoms with E-state index in [9.17, 15) is 18.0 Å². The third-order valence-electron chi connectivity index (χ3n) is 5.06. The fraction of sp³-hybridized carbons (Fsp3) is 0.389. The molecule has 3 heterocycles. The van der Waals surface area contributed by atoms with E-state index in [0.29, 0.717) is 24.5 Å². The van der Waals surface area contributed by atoms with E-state index in [4.69, 9.17) is 0 Å². The molecule has 1 fully saturated rings. The fourth-order valence-corrected chi connectivity index (χ4v) is 5.12. The molecule has 0 saturated carbocycles. The maximum atomic E-state index is 13.2. The van der Waals surface area contributed by atoms with Crippen LogP contribution in [0, 0.1) is 0 Å². The molecule has 1 saturated heterocycles. The molecule has 2 aliphatic heterocycles. The minimum absolute atomic E-state index is 0.0511. The number of benzene rings is 1. The molecule has 0 unspecified atom stereocenters. The standard InChI is InChI=1S/C18H20N4O5S/c1-27-16(23)11-21-10-14-17(18(24)20-8-4-5-9-20)19-12-22(14)13-6-2-3-7-15(13)28(21,25)26/h2-3,6-7,12H,4-5,8-11H2,1H3. The lowest BCUT2D eigenvalue weighted by Crippen LogP contribution is -2.36. The Morgan fingerprint density at radius 3 is 2.61 bits per heavy atom. The lowest BCUT2D eigenvalue weighted by Gasteiger charge is -2.19. The highest BCUT2D eigenvalue weighted by Gasteiger charge is 2.37. The number of esters is 1. The molecule has 0 radical (unpaired) electrons. The summed E-state index contributed by atoms with van der Waals surface area (Å²) < 4.78 is 33.6.